The average molecular weight is 238 g/mol. The Balaban J connectivity index is 2.32. The first-order valence-corrected chi connectivity index (χ1v) is 5.24. The van der Waals surface area contributed by atoms with E-state index in [0.29, 0.717) is 17.1 Å². The van der Waals surface area contributed by atoms with Gasteiger partial charge in [-0.15, -0.1) is 0 Å². The van der Waals surface area contributed by atoms with E-state index < -0.39 is 17.5 Å². The van der Waals surface area contributed by atoms with Crippen LogP contribution in [0.3, 0.4) is 0 Å². The Hall–Kier alpha value is -1.75. The van der Waals surface area contributed by atoms with E-state index in [2.05, 4.69) is 0 Å². The van der Waals surface area contributed by atoms with Crippen molar-refractivity contribution in [1.29, 1.82) is 0 Å². The Kier molecular flexibility index (Phi) is 2.71. The van der Waals surface area contributed by atoms with Crippen molar-refractivity contribution in [1.82, 2.24) is 0 Å². The molecule has 2 rings (SSSR count). The van der Waals surface area contributed by atoms with Crippen LogP contribution >= 0.6 is 0 Å². The van der Waals surface area contributed by atoms with E-state index in [-0.39, 0.29) is 6.79 Å². The maximum Gasteiger partial charge on any atom is 0.312 e. The van der Waals surface area contributed by atoms with E-state index in [1.54, 1.807) is 18.2 Å². The Morgan fingerprint density at radius 1 is 1.35 bits per heavy atom. The van der Waals surface area contributed by atoms with Crippen molar-refractivity contribution in [3.8, 4) is 11.5 Å². The van der Waals surface area contributed by atoms with Gasteiger partial charge in [0.15, 0.2) is 11.5 Å². The summed E-state index contributed by atoms with van der Waals surface area (Å²) >= 11 is 0. The summed E-state index contributed by atoms with van der Waals surface area (Å²) in [4.78, 5) is 11.1. The largest absolute Gasteiger partial charge is 0.481 e. The molecule has 5 heteroatoms. The maximum atomic E-state index is 11.1. The molecule has 1 atom stereocenters. The van der Waals surface area contributed by atoms with Gasteiger partial charge in [0, 0.05) is 0 Å². The molecule has 0 aromatic heterocycles. The van der Waals surface area contributed by atoms with Crippen LogP contribution in [-0.2, 0) is 4.79 Å². The molecule has 0 amide bonds. The highest BCUT2D eigenvalue weighted by Gasteiger charge is 2.37. The molecule has 1 aliphatic rings. The summed E-state index contributed by atoms with van der Waals surface area (Å²) in [6.07, 6.45) is -1.10. The quantitative estimate of drug-likeness (QED) is 0.835. The molecule has 0 unspecified atom stereocenters. The number of aliphatic carboxylic acids is 1. The van der Waals surface area contributed by atoms with Crippen molar-refractivity contribution in [3.63, 3.8) is 0 Å². The molecule has 0 radical (unpaired) electrons. The molecular formula is C12H14O5. The third-order valence-electron chi connectivity index (χ3n) is 2.95. The van der Waals surface area contributed by atoms with Gasteiger partial charge >= 0.3 is 5.97 Å². The molecule has 92 valence electrons. The zero-order valence-corrected chi connectivity index (χ0v) is 9.64. The first-order chi connectivity index (χ1) is 7.93. The molecule has 0 aliphatic carbocycles. The fourth-order valence-corrected chi connectivity index (χ4v) is 1.62. The smallest absolute Gasteiger partial charge is 0.312 e. The molecule has 0 spiro atoms. The molecule has 1 aromatic carbocycles. The summed E-state index contributed by atoms with van der Waals surface area (Å²) in [5.41, 5.74) is -0.755. The topological polar surface area (TPSA) is 76.0 Å². The number of aliphatic hydroxyl groups is 1. The summed E-state index contributed by atoms with van der Waals surface area (Å²) < 4.78 is 10.3. The molecule has 5 nitrogen and oxygen atoms in total. The molecule has 0 saturated heterocycles. The van der Waals surface area contributed by atoms with Gasteiger partial charge in [-0.25, -0.2) is 0 Å². The monoisotopic (exact) mass is 238 g/mol. The van der Waals surface area contributed by atoms with Crippen LogP contribution in [0.4, 0.5) is 0 Å². The summed E-state index contributed by atoms with van der Waals surface area (Å²) in [7, 11) is 0. The van der Waals surface area contributed by atoms with E-state index in [1.165, 1.54) is 13.8 Å². The van der Waals surface area contributed by atoms with Crippen molar-refractivity contribution >= 4 is 5.97 Å². The number of rotatable bonds is 3. The molecule has 1 aromatic rings. The minimum Gasteiger partial charge on any atom is -0.481 e. The predicted octanol–water partition coefficient (Wildman–Crippen LogP) is 1.56. The summed E-state index contributed by atoms with van der Waals surface area (Å²) in [6, 6.07) is 4.92. The van der Waals surface area contributed by atoms with Gasteiger partial charge in [0.2, 0.25) is 6.79 Å². The standard InChI is InChI=1S/C12H14O5/c1-12(2,11(14)15)10(13)7-3-4-8-9(5-7)17-6-16-8/h3-5,10,13H,6H2,1-2H3,(H,14,15)/t10-/m1/s1. The lowest BCUT2D eigenvalue weighted by molar-refractivity contribution is -0.153. The fourth-order valence-electron chi connectivity index (χ4n) is 1.62. The van der Waals surface area contributed by atoms with Gasteiger partial charge in [-0.3, -0.25) is 4.79 Å². The lowest BCUT2D eigenvalue weighted by Crippen LogP contribution is -2.31. The van der Waals surface area contributed by atoms with Gasteiger partial charge in [0.1, 0.15) is 0 Å². The minimum absolute atomic E-state index is 0.150. The zero-order chi connectivity index (χ0) is 12.6. The number of aliphatic hydroxyl groups excluding tert-OH is 1. The summed E-state index contributed by atoms with van der Waals surface area (Å²) in [5, 5.41) is 19.1. The SMILES string of the molecule is CC(C)(C(=O)O)[C@H](O)c1ccc2c(c1)OCO2. The molecule has 2 N–H and O–H groups in total. The number of benzene rings is 1. The predicted molar refractivity (Wildman–Crippen MR) is 58.9 cm³/mol. The van der Waals surface area contributed by atoms with Crippen molar-refractivity contribution in [2.75, 3.05) is 6.79 Å². The van der Waals surface area contributed by atoms with Crippen LogP contribution in [0.25, 0.3) is 0 Å². The number of carboxylic acids is 1. The van der Waals surface area contributed by atoms with E-state index >= 15 is 0 Å². The van der Waals surface area contributed by atoms with E-state index in [0.717, 1.165) is 0 Å². The number of carboxylic acid groups (broad SMARTS) is 1. The number of hydrogen-bond acceptors (Lipinski definition) is 4. The summed E-state index contributed by atoms with van der Waals surface area (Å²) in [6.45, 7) is 3.10. The van der Waals surface area contributed by atoms with Crippen LogP contribution in [0.1, 0.15) is 25.5 Å². The van der Waals surface area contributed by atoms with Crippen molar-refractivity contribution in [2.45, 2.75) is 20.0 Å². The van der Waals surface area contributed by atoms with Crippen LogP contribution in [0.5, 0.6) is 11.5 Å². The zero-order valence-electron chi connectivity index (χ0n) is 9.64. The molecule has 0 fully saturated rings. The number of ether oxygens (including phenoxy) is 2. The van der Waals surface area contributed by atoms with E-state index in [9.17, 15) is 9.90 Å². The lowest BCUT2D eigenvalue weighted by atomic mass is 9.83. The van der Waals surface area contributed by atoms with Gasteiger partial charge in [-0.2, -0.15) is 0 Å². The Bertz CT molecular complexity index is 452. The Morgan fingerprint density at radius 3 is 2.65 bits per heavy atom. The van der Waals surface area contributed by atoms with Crippen LogP contribution in [0, 0.1) is 5.41 Å². The first kappa shape index (κ1) is 11.7. The second-order valence-corrected chi connectivity index (χ2v) is 4.54. The van der Waals surface area contributed by atoms with Crippen LogP contribution in [0.15, 0.2) is 18.2 Å². The molecule has 1 aliphatic heterocycles. The maximum absolute atomic E-state index is 11.1. The summed E-state index contributed by atoms with van der Waals surface area (Å²) in [5.74, 6) is 0.0829. The van der Waals surface area contributed by atoms with Gasteiger partial charge in [-0.1, -0.05) is 6.07 Å². The molecule has 1 heterocycles. The third kappa shape index (κ3) is 1.93. The van der Waals surface area contributed by atoms with Gasteiger partial charge in [-0.05, 0) is 31.5 Å². The third-order valence-corrected chi connectivity index (χ3v) is 2.95. The van der Waals surface area contributed by atoms with Gasteiger partial charge < -0.3 is 19.7 Å². The highest BCUT2D eigenvalue weighted by molar-refractivity contribution is 5.74. The number of carbonyl (C=O) groups is 1. The van der Waals surface area contributed by atoms with E-state index in [1.807, 2.05) is 0 Å². The lowest BCUT2D eigenvalue weighted by Gasteiger charge is -2.26. The highest BCUT2D eigenvalue weighted by Crippen LogP contribution is 2.39. The average Bonchev–Trinajstić information content (AvgIpc) is 2.74. The fraction of sp³-hybridized carbons (Fsp3) is 0.417. The van der Waals surface area contributed by atoms with Crippen LogP contribution in [0.2, 0.25) is 0 Å². The van der Waals surface area contributed by atoms with Crippen LogP contribution < -0.4 is 9.47 Å². The Labute approximate surface area is 98.6 Å². The first-order valence-electron chi connectivity index (χ1n) is 5.24. The van der Waals surface area contributed by atoms with Gasteiger partial charge in [0.25, 0.3) is 0 Å². The van der Waals surface area contributed by atoms with Crippen molar-refractivity contribution in [3.05, 3.63) is 23.8 Å². The molecule has 17 heavy (non-hydrogen) atoms. The second-order valence-electron chi connectivity index (χ2n) is 4.54. The van der Waals surface area contributed by atoms with Crippen molar-refractivity contribution < 1.29 is 24.5 Å². The molecular weight excluding hydrogens is 224 g/mol. The van der Waals surface area contributed by atoms with Crippen molar-refractivity contribution in [2.24, 2.45) is 5.41 Å². The molecule has 0 saturated carbocycles. The van der Waals surface area contributed by atoms with Crippen LogP contribution in [-0.4, -0.2) is 23.0 Å². The van der Waals surface area contributed by atoms with Gasteiger partial charge in [0.05, 0.1) is 11.5 Å². The number of hydrogen-bond donors (Lipinski definition) is 2. The molecule has 0 bridgehead atoms. The normalized spacial score (nSPS) is 15.7. The van der Waals surface area contributed by atoms with E-state index in [4.69, 9.17) is 14.6 Å². The minimum atomic E-state index is -1.26. The Morgan fingerprint density at radius 2 is 2.00 bits per heavy atom. The highest BCUT2D eigenvalue weighted by atomic mass is 16.7. The number of fused-ring (bicyclic) bond motifs is 1. The second kappa shape index (κ2) is 3.92.